The molecule has 1 fully saturated rings. The molecule has 2 aliphatic rings. The minimum atomic E-state index is -0.491. The van der Waals surface area contributed by atoms with Crippen LogP contribution >= 0.6 is 0 Å². The Morgan fingerprint density at radius 2 is 1.87 bits per heavy atom. The molecule has 1 atom stereocenters. The third-order valence-electron chi connectivity index (χ3n) is 5.94. The van der Waals surface area contributed by atoms with Gasteiger partial charge in [0.25, 0.3) is 0 Å². The summed E-state index contributed by atoms with van der Waals surface area (Å²) >= 11 is 0. The van der Waals surface area contributed by atoms with Crippen LogP contribution in [0.25, 0.3) is 10.9 Å². The topological polar surface area (TPSA) is 72.9 Å². The van der Waals surface area contributed by atoms with Crippen molar-refractivity contribution >= 4 is 22.7 Å². The Bertz CT molecular complexity index is 983. The maximum atomic E-state index is 12.6. The molecule has 7 heteroatoms. The van der Waals surface area contributed by atoms with E-state index < -0.39 is 5.60 Å². The van der Waals surface area contributed by atoms with Gasteiger partial charge in [0.1, 0.15) is 5.60 Å². The van der Waals surface area contributed by atoms with E-state index in [1.54, 1.807) is 14.2 Å². The number of methoxy groups -OCH3 is 2. The van der Waals surface area contributed by atoms with Crippen LogP contribution in [-0.2, 0) is 17.6 Å². The summed E-state index contributed by atoms with van der Waals surface area (Å²) in [5.74, 6) is 1.37. The van der Waals surface area contributed by atoms with Gasteiger partial charge in [-0.25, -0.2) is 4.79 Å². The van der Waals surface area contributed by atoms with Crippen LogP contribution in [-0.4, -0.2) is 54.9 Å². The molecule has 0 radical (unpaired) electrons. The average Bonchev–Trinajstić information content (AvgIpc) is 3.20. The van der Waals surface area contributed by atoms with Crippen molar-refractivity contribution in [3.8, 4) is 11.5 Å². The van der Waals surface area contributed by atoms with Gasteiger partial charge in [0.2, 0.25) is 0 Å². The van der Waals surface area contributed by atoms with E-state index >= 15 is 0 Å². The van der Waals surface area contributed by atoms with E-state index in [-0.39, 0.29) is 12.1 Å². The summed E-state index contributed by atoms with van der Waals surface area (Å²) in [7, 11) is 3.29. The lowest BCUT2D eigenvalue weighted by Crippen LogP contribution is -2.47. The first-order valence-corrected chi connectivity index (χ1v) is 11.1. The molecule has 1 aromatic carbocycles. The highest BCUT2D eigenvalue weighted by Gasteiger charge is 2.29. The van der Waals surface area contributed by atoms with Gasteiger partial charge in [-0.3, -0.25) is 4.98 Å². The zero-order valence-electron chi connectivity index (χ0n) is 19.2. The molecule has 1 aliphatic heterocycles. The smallest absolute Gasteiger partial charge is 0.410 e. The quantitative estimate of drug-likeness (QED) is 0.772. The molecule has 2 aromatic rings. The lowest BCUT2D eigenvalue weighted by Gasteiger charge is -2.35. The zero-order valence-corrected chi connectivity index (χ0v) is 19.2. The number of carbonyl (C=O) groups excluding carboxylic acids is 1. The first-order chi connectivity index (χ1) is 14.8. The van der Waals surface area contributed by atoms with E-state index in [1.807, 2.05) is 37.8 Å². The standard InChI is InChI=1S/C24H33N3O4/c1-24(2,3)31-23(28)27-11-7-8-15(14-27)25-22-16-9-6-10-18(16)26-19-13-21(30-5)20(29-4)12-17(19)22/h12-13,15H,6-11,14H2,1-5H3,(H,25,26)/t15-/m1/s1. The third kappa shape index (κ3) is 4.50. The maximum Gasteiger partial charge on any atom is 0.410 e. The van der Waals surface area contributed by atoms with Crippen LogP contribution in [0.3, 0.4) is 0 Å². The van der Waals surface area contributed by atoms with E-state index in [9.17, 15) is 4.79 Å². The van der Waals surface area contributed by atoms with Crippen molar-refractivity contribution < 1.29 is 19.0 Å². The van der Waals surface area contributed by atoms with Crippen molar-refractivity contribution in [2.24, 2.45) is 0 Å². The van der Waals surface area contributed by atoms with E-state index in [4.69, 9.17) is 19.2 Å². The minimum Gasteiger partial charge on any atom is -0.493 e. The molecule has 2 heterocycles. The fourth-order valence-corrected chi connectivity index (χ4v) is 4.55. The number of amides is 1. The molecule has 1 saturated heterocycles. The highest BCUT2D eigenvalue weighted by Crippen LogP contribution is 2.40. The summed E-state index contributed by atoms with van der Waals surface area (Å²) < 4.78 is 16.6. The summed E-state index contributed by atoms with van der Waals surface area (Å²) in [5.41, 5.74) is 3.97. The second-order valence-electron chi connectivity index (χ2n) is 9.40. The number of hydrogen-bond donors (Lipinski definition) is 1. The monoisotopic (exact) mass is 427 g/mol. The summed E-state index contributed by atoms with van der Waals surface area (Å²) in [4.78, 5) is 19.3. The van der Waals surface area contributed by atoms with Gasteiger partial charge in [-0.1, -0.05) is 0 Å². The Morgan fingerprint density at radius 1 is 1.13 bits per heavy atom. The molecule has 0 unspecified atom stereocenters. The van der Waals surface area contributed by atoms with Gasteiger partial charge < -0.3 is 24.4 Å². The van der Waals surface area contributed by atoms with Crippen LogP contribution in [0.15, 0.2) is 12.1 Å². The van der Waals surface area contributed by atoms with Gasteiger partial charge in [-0.05, 0) is 64.5 Å². The third-order valence-corrected chi connectivity index (χ3v) is 5.94. The minimum absolute atomic E-state index is 0.157. The number of benzene rings is 1. The number of aryl methyl sites for hydroxylation is 1. The number of nitrogens with zero attached hydrogens (tertiary/aromatic N) is 2. The fraction of sp³-hybridized carbons (Fsp3) is 0.583. The van der Waals surface area contributed by atoms with E-state index in [2.05, 4.69) is 5.32 Å². The molecule has 1 aromatic heterocycles. The van der Waals surface area contributed by atoms with Crippen molar-refractivity contribution in [3.63, 3.8) is 0 Å². The number of aromatic nitrogens is 1. The molecule has 0 bridgehead atoms. The Morgan fingerprint density at radius 3 is 2.58 bits per heavy atom. The number of hydrogen-bond acceptors (Lipinski definition) is 6. The number of ether oxygens (including phenoxy) is 3. The van der Waals surface area contributed by atoms with Crippen LogP contribution in [0.2, 0.25) is 0 Å². The Labute approximate surface area is 184 Å². The summed E-state index contributed by atoms with van der Waals surface area (Å²) in [6.07, 6.45) is 4.82. The second kappa shape index (κ2) is 8.44. The van der Waals surface area contributed by atoms with Gasteiger partial charge in [0.15, 0.2) is 11.5 Å². The molecule has 4 rings (SSSR count). The average molecular weight is 428 g/mol. The highest BCUT2D eigenvalue weighted by molar-refractivity contribution is 5.96. The lowest BCUT2D eigenvalue weighted by atomic mass is 10.0. The van der Waals surface area contributed by atoms with Crippen LogP contribution < -0.4 is 14.8 Å². The van der Waals surface area contributed by atoms with E-state index in [0.29, 0.717) is 18.0 Å². The van der Waals surface area contributed by atoms with Gasteiger partial charge >= 0.3 is 6.09 Å². The van der Waals surface area contributed by atoms with Crippen LogP contribution in [0.4, 0.5) is 10.5 Å². The number of nitrogens with one attached hydrogen (secondary N) is 1. The number of anilines is 1. The molecule has 7 nitrogen and oxygen atoms in total. The highest BCUT2D eigenvalue weighted by atomic mass is 16.6. The maximum absolute atomic E-state index is 12.6. The van der Waals surface area contributed by atoms with E-state index in [0.717, 1.165) is 60.9 Å². The predicted octanol–water partition coefficient (Wildman–Crippen LogP) is 4.55. The SMILES string of the molecule is COc1cc2nc3c(c(N[C@@H]4CCCN(C(=O)OC(C)(C)C)C4)c2cc1OC)CCC3. The number of likely N-dealkylation sites (tertiary alicyclic amines) is 1. The summed E-state index contributed by atoms with van der Waals surface area (Å²) in [6, 6.07) is 4.12. The molecule has 1 amide bonds. The molecular weight excluding hydrogens is 394 g/mol. The number of carbonyl (C=O) groups is 1. The van der Waals surface area contributed by atoms with Gasteiger partial charge in [-0.2, -0.15) is 0 Å². The van der Waals surface area contributed by atoms with Gasteiger partial charge in [0.05, 0.1) is 19.7 Å². The summed E-state index contributed by atoms with van der Waals surface area (Å²) in [5, 5.41) is 4.81. The second-order valence-corrected chi connectivity index (χ2v) is 9.40. The normalized spacial score (nSPS) is 18.6. The zero-order chi connectivity index (χ0) is 22.2. The first-order valence-electron chi connectivity index (χ1n) is 11.1. The van der Waals surface area contributed by atoms with Crippen molar-refractivity contribution in [2.45, 2.75) is 64.5 Å². The van der Waals surface area contributed by atoms with Crippen molar-refractivity contribution in [1.29, 1.82) is 0 Å². The first kappa shape index (κ1) is 21.5. The van der Waals surface area contributed by atoms with Gasteiger partial charge in [0, 0.05) is 42.0 Å². The van der Waals surface area contributed by atoms with Crippen molar-refractivity contribution in [3.05, 3.63) is 23.4 Å². The predicted molar refractivity (Wildman–Crippen MR) is 121 cm³/mol. The number of piperidine rings is 1. The van der Waals surface area contributed by atoms with Gasteiger partial charge in [-0.15, -0.1) is 0 Å². The fourth-order valence-electron chi connectivity index (χ4n) is 4.55. The number of rotatable bonds is 4. The Balaban J connectivity index is 1.65. The molecular formula is C24H33N3O4. The number of pyridine rings is 1. The van der Waals surface area contributed by atoms with Crippen molar-refractivity contribution in [2.75, 3.05) is 32.6 Å². The van der Waals surface area contributed by atoms with Crippen LogP contribution in [0.1, 0.15) is 51.3 Å². The number of fused-ring (bicyclic) bond motifs is 2. The lowest BCUT2D eigenvalue weighted by molar-refractivity contribution is 0.0206. The Kier molecular flexibility index (Phi) is 5.86. The van der Waals surface area contributed by atoms with E-state index in [1.165, 1.54) is 5.56 Å². The molecule has 168 valence electrons. The summed E-state index contributed by atoms with van der Waals surface area (Å²) in [6.45, 7) is 7.06. The van der Waals surface area contributed by atoms with Crippen molar-refractivity contribution in [1.82, 2.24) is 9.88 Å². The Hall–Kier alpha value is -2.70. The molecule has 1 N–H and O–H groups in total. The molecule has 31 heavy (non-hydrogen) atoms. The molecule has 1 aliphatic carbocycles. The molecule has 0 saturated carbocycles. The molecule has 0 spiro atoms. The van der Waals surface area contributed by atoms with Crippen LogP contribution in [0, 0.1) is 0 Å². The largest absolute Gasteiger partial charge is 0.493 e. The van der Waals surface area contributed by atoms with Crippen LogP contribution in [0.5, 0.6) is 11.5 Å².